The van der Waals surface area contributed by atoms with Crippen LogP contribution in [-0.4, -0.2) is 16.0 Å². The van der Waals surface area contributed by atoms with E-state index in [1.54, 1.807) is 24.4 Å². The lowest BCUT2D eigenvalue weighted by molar-refractivity contribution is -0.124. The van der Waals surface area contributed by atoms with Crippen molar-refractivity contribution in [3.63, 3.8) is 0 Å². The second-order valence-electron chi connectivity index (χ2n) is 6.83. The Morgan fingerprint density at radius 1 is 0.923 bits per heavy atom. The molecule has 0 aliphatic heterocycles. The third-order valence-corrected chi connectivity index (χ3v) is 4.57. The Balaban J connectivity index is 1.99. The van der Waals surface area contributed by atoms with Gasteiger partial charge < -0.3 is 10.4 Å². The Morgan fingerprint density at radius 3 is 2.15 bits per heavy atom. The van der Waals surface area contributed by atoms with Crippen molar-refractivity contribution in [1.82, 2.24) is 4.98 Å². The summed E-state index contributed by atoms with van der Waals surface area (Å²) < 4.78 is 0. The van der Waals surface area contributed by atoms with Crippen LogP contribution in [0, 0.1) is 5.41 Å². The number of aromatic hydroxyl groups is 1. The quantitative estimate of drug-likeness (QED) is 0.710. The molecule has 3 aromatic rings. The number of phenolic OH excluding ortho intramolecular Hbond substituents is 1. The van der Waals surface area contributed by atoms with Gasteiger partial charge in [0.15, 0.2) is 0 Å². The van der Waals surface area contributed by atoms with Gasteiger partial charge in [0, 0.05) is 12.1 Å². The number of phenols is 1. The summed E-state index contributed by atoms with van der Waals surface area (Å²) in [7, 11) is 0. The predicted octanol–water partition coefficient (Wildman–Crippen LogP) is 4.58. The number of hydrogen-bond acceptors (Lipinski definition) is 3. The highest BCUT2D eigenvalue weighted by atomic mass is 16.3. The number of hydrogen-bond donors (Lipinski definition) is 2. The molecular weight excluding hydrogens is 324 g/mol. The van der Waals surface area contributed by atoms with Gasteiger partial charge >= 0.3 is 0 Å². The number of carbonyl (C=O) groups excluding carboxylic acids is 1. The van der Waals surface area contributed by atoms with E-state index in [4.69, 9.17) is 0 Å². The van der Waals surface area contributed by atoms with Crippen molar-refractivity contribution < 1.29 is 9.90 Å². The molecule has 1 atom stereocenters. The fourth-order valence-electron chi connectivity index (χ4n) is 3.18. The molecule has 4 heteroatoms. The van der Waals surface area contributed by atoms with Crippen molar-refractivity contribution in [3.05, 3.63) is 90.1 Å². The number of nitrogens with one attached hydrogen (secondary N) is 1. The van der Waals surface area contributed by atoms with Gasteiger partial charge in [-0.3, -0.25) is 4.79 Å². The Bertz CT molecular complexity index is 860. The molecule has 3 rings (SSSR count). The molecular formula is C22H22N2O2. The van der Waals surface area contributed by atoms with Gasteiger partial charge in [-0.05, 0) is 35.4 Å². The largest absolute Gasteiger partial charge is 0.508 e. The Kier molecular flexibility index (Phi) is 5.03. The number of benzene rings is 2. The van der Waals surface area contributed by atoms with E-state index in [-0.39, 0.29) is 17.6 Å². The molecule has 0 bridgehead atoms. The molecule has 0 unspecified atom stereocenters. The van der Waals surface area contributed by atoms with Crippen molar-refractivity contribution >= 4 is 11.7 Å². The maximum absolute atomic E-state index is 13.1. The molecule has 2 aromatic carbocycles. The molecule has 2 N–H and O–H groups in total. The topological polar surface area (TPSA) is 62.2 Å². The van der Waals surface area contributed by atoms with Crippen LogP contribution in [0.5, 0.6) is 5.75 Å². The van der Waals surface area contributed by atoms with Crippen molar-refractivity contribution in [2.24, 2.45) is 5.41 Å². The SMILES string of the molecule is CC(C)(C(=O)Nc1ccccn1)[C@@H](c1ccccc1)c1ccc(O)cc1. The van der Waals surface area contributed by atoms with Crippen LogP contribution in [0.4, 0.5) is 5.82 Å². The van der Waals surface area contributed by atoms with Crippen LogP contribution < -0.4 is 5.32 Å². The van der Waals surface area contributed by atoms with Gasteiger partial charge in [-0.2, -0.15) is 0 Å². The molecule has 1 amide bonds. The van der Waals surface area contributed by atoms with Crippen LogP contribution in [0.15, 0.2) is 79.0 Å². The van der Waals surface area contributed by atoms with Crippen LogP contribution in [0.3, 0.4) is 0 Å². The van der Waals surface area contributed by atoms with Crippen LogP contribution in [0.1, 0.15) is 30.9 Å². The summed E-state index contributed by atoms with van der Waals surface area (Å²) in [4.78, 5) is 17.3. The summed E-state index contributed by atoms with van der Waals surface area (Å²) in [6.45, 7) is 3.85. The zero-order valence-corrected chi connectivity index (χ0v) is 14.9. The summed E-state index contributed by atoms with van der Waals surface area (Å²) in [6.07, 6.45) is 1.65. The van der Waals surface area contributed by atoms with Crippen molar-refractivity contribution in [3.8, 4) is 5.75 Å². The molecule has 26 heavy (non-hydrogen) atoms. The van der Waals surface area contributed by atoms with Gasteiger partial charge in [0.05, 0.1) is 5.41 Å². The van der Waals surface area contributed by atoms with E-state index in [1.807, 2.05) is 68.4 Å². The lowest BCUT2D eigenvalue weighted by atomic mass is 9.70. The summed E-state index contributed by atoms with van der Waals surface area (Å²) in [5.74, 6) is 0.450. The number of aromatic nitrogens is 1. The van der Waals surface area contributed by atoms with E-state index in [0.717, 1.165) is 11.1 Å². The van der Waals surface area contributed by atoms with E-state index in [0.29, 0.717) is 5.82 Å². The first-order valence-electron chi connectivity index (χ1n) is 8.55. The Hall–Kier alpha value is -3.14. The van der Waals surface area contributed by atoms with Crippen molar-refractivity contribution in [2.45, 2.75) is 19.8 Å². The van der Waals surface area contributed by atoms with Crippen LogP contribution in [0.2, 0.25) is 0 Å². The zero-order valence-electron chi connectivity index (χ0n) is 14.9. The predicted molar refractivity (Wildman–Crippen MR) is 103 cm³/mol. The first-order chi connectivity index (χ1) is 12.5. The number of nitrogens with zero attached hydrogens (tertiary/aromatic N) is 1. The van der Waals surface area contributed by atoms with Gasteiger partial charge in [0.2, 0.25) is 5.91 Å². The third-order valence-electron chi connectivity index (χ3n) is 4.57. The zero-order chi connectivity index (χ0) is 18.6. The molecule has 1 heterocycles. The molecule has 1 aromatic heterocycles. The second-order valence-corrected chi connectivity index (χ2v) is 6.83. The lowest BCUT2D eigenvalue weighted by Crippen LogP contribution is -2.37. The van der Waals surface area contributed by atoms with Gasteiger partial charge in [0.25, 0.3) is 0 Å². The summed E-state index contributed by atoms with van der Waals surface area (Å²) >= 11 is 0. The van der Waals surface area contributed by atoms with E-state index in [9.17, 15) is 9.90 Å². The van der Waals surface area contributed by atoms with Gasteiger partial charge in [-0.25, -0.2) is 4.98 Å². The van der Waals surface area contributed by atoms with Crippen LogP contribution in [-0.2, 0) is 4.79 Å². The maximum atomic E-state index is 13.1. The van der Waals surface area contributed by atoms with Gasteiger partial charge in [-0.15, -0.1) is 0 Å². The molecule has 132 valence electrons. The van der Waals surface area contributed by atoms with E-state index in [2.05, 4.69) is 10.3 Å². The summed E-state index contributed by atoms with van der Waals surface area (Å²) in [5.41, 5.74) is 1.27. The number of carbonyl (C=O) groups is 1. The smallest absolute Gasteiger partial charge is 0.232 e. The number of rotatable bonds is 5. The Morgan fingerprint density at radius 2 is 1.54 bits per heavy atom. The van der Waals surface area contributed by atoms with E-state index < -0.39 is 5.41 Å². The summed E-state index contributed by atoms with van der Waals surface area (Å²) in [5, 5.41) is 12.5. The summed E-state index contributed by atoms with van der Waals surface area (Å²) in [6, 6.07) is 22.4. The molecule has 0 fully saturated rings. The highest BCUT2D eigenvalue weighted by molar-refractivity contribution is 5.95. The van der Waals surface area contributed by atoms with Crippen molar-refractivity contribution in [1.29, 1.82) is 0 Å². The maximum Gasteiger partial charge on any atom is 0.232 e. The standard InChI is InChI=1S/C22H22N2O2/c1-22(2,21(26)24-19-10-6-7-15-23-19)20(16-8-4-3-5-9-16)17-11-13-18(25)14-12-17/h3-15,20,25H,1-2H3,(H,23,24,26)/t20-/m0/s1. The van der Waals surface area contributed by atoms with Gasteiger partial charge in [0.1, 0.15) is 11.6 Å². The van der Waals surface area contributed by atoms with Crippen molar-refractivity contribution in [2.75, 3.05) is 5.32 Å². The average Bonchev–Trinajstić information content (AvgIpc) is 2.65. The number of amides is 1. The van der Waals surface area contributed by atoms with E-state index in [1.165, 1.54) is 0 Å². The van der Waals surface area contributed by atoms with E-state index >= 15 is 0 Å². The molecule has 0 saturated carbocycles. The fraction of sp³-hybridized carbons (Fsp3) is 0.182. The molecule has 0 saturated heterocycles. The normalized spacial score (nSPS) is 12.4. The third kappa shape index (κ3) is 3.75. The highest BCUT2D eigenvalue weighted by Gasteiger charge is 2.39. The number of pyridine rings is 1. The molecule has 0 radical (unpaired) electrons. The molecule has 0 aliphatic rings. The molecule has 0 aliphatic carbocycles. The van der Waals surface area contributed by atoms with Gasteiger partial charge in [-0.1, -0.05) is 62.4 Å². The minimum atomic E-state index is -0.740. The van der Waals surface area contributed by atoms with Crippen LogP contribution >= 0.6 is 0 Å². The Labute approximate surface area is 153 Å². The fourth-order valence-corrected chi connectivity index (χ4v) is 3.18. The minimum Gasteiger partial charge on any atom is -0.508 e. The first-order valence-corrected chi connectivity index (χ1v) is 8.55. The monoisotopic (exact) mass is 346 g/mol. The molecule has 4 nitrogen and oxygen atoms in total. The highest BCUT2D eigenvalue weighted by Crippen LogP contribution is 2.42. The molecule has 0 spiro atoms. The minimum absolute atomic E-state index is 0.113. The van der Waals surface area contributed by atoms with Crippen LogP contribution in [0.25, 0.3) is 0 Å². The second kappa shape index (κ2) is 7.40. The average molecular weight is 346 g/mol. The lowest BCUT2D eigenvalue weighted by Gasteiger charge is -2.34. The first kappa shape index (κ1) is 17.7. The number of anilines is 1.